The number of carbonyl (C=O) groups is 2. The predicted molar refractivity (Wildman–Crippen MR) is 109 cm³/mol. The molecule has 0 saturated heterocycles. The van der Waals surface area contributed by atoms with Crippen molar-refractivity contribution in [1.29, 1.82) is 0 Å². The van der Waals surface area contributed by atoms with Crippen LogP contribution in [-0.2, 0) is 37.8 Å². The third-order valence-electron chi connectivity index (χ3n) is 5.05. The van der Waals surface area contributed by atoms with Gasteiger partial charge in [0.2, 0.25) is 0 Å². The van der Waals surface area contributed by atoms with Gasteiger partial charge in [-0.2, -0.15) is 0 Å². The van der Waals surface area contributed by atoms with Crippen LogP contribution < -0.4 is 10.0 Å². The number of aromatic nitrogens is 2. The second-order valence-corrected chi connectivity index (χ2v) is 8.97. The molecule has 1 aliphatic rings. The van der Waals surface area contributed by atoms with Crippen molar-refractivity contribution in [2.24, 2.45) is 7.05 Å². The van der Waals surface area contributed by atoms with Crippen LogP contribution in [0.25, 0.3) is 0 Å². The van der Waals surface area contributed by atoms with Gasteiger partial charge < -0.3 is 14.6 Å². The second-order valence-electron chi connectivity index (χ2n) is 7.26. The summed E-state index contributed by atoms with van der Waals surface area (Å²) in [4.78, 5) is 28.0. The Labute approximate surface area is 175 Å². The molecule has 1 unspecified atom stereocenters. The monoisotopic (exact) mass is 434 g/mol. The number of nitrogens with zero attached hydrogens (tertiary/aromatic N) is 2. The minimum Gasteiger partial charge on any atom is -0.456 e. The highest BCUT2D eigenvalue weighted by molar-refractivity contribution is 7.89. The fraction of sp³-hybridized carbons (Fsp3) is 0.450. The van der Waals surface area contributed by atoms with Gasteiger partial charge in [0.25, 0.3) is 15.9 Å². The summed E-state index contributed by atoms with van der Waals surface area (Å²) in [5.74, 6) is -0.481. The van der Waals surface area contributed by atoms with Gasteiger partial charge in [0.15, 0.2) is 11.6 Å². The van der Waals surface area contributed by atoms with Crippen LogP contribution in [-0.4, -0.2) is 43.0 Å². The van der Waals surface area contributed by atoms with Crippen LogP contribution in [0, 0.1) is 6.92 Å². The maximum absolute atomic E-state index is 12.2. The number of aryl methyl sites for hydroxylation is 3. The fourth-order valence-corrected chi connectivity index (χ4v) is 4.44. The summed E-state index contributed by atoms with van der Waals surface area (Å²) in [5.41, 5.74) is 2.32. The van der Waals surface area contributed by atoms with Gasteiger partial charge in [-0.25, -0.2) is 18.1 Å². The smallest absolute Gasteiger partial charge is 0.307 e. The third-order valence-corrected chi connectivity index (χ3v) is 6.38. The van der Waals surface area contributed by atoms with Crippen molar-refractivity contribution in [1.82, 2.24) is 19.6 Å². The zero-order valence-electron chi connectivity index (χ0n) is 17.1. The first kappa shape index (κ1) is 22.0. The first-order valence-electron chi connectivity index (χ1n) is 9.78. The molecule has 1 aromatic carbocycles. The summed E-state index contributed by atoms with van der Waals surface area (Å²) in [7, 11) is -2.12. The molecule has 1 amide bonds. The highest BCUT2D eigenvalue weighted by atomic mass is 32.2. The van der Waals surface area contributed by atoms with E-state index in [0.29, 0.717) is 5.82 Å². The first-order valence-corrected chi connectivity index (χ1v) is 11.3. The van der Waals surface area contributed by atoms with Gasteiger partial charge >= 0.3 is 5.97 Å². The summed E-state index contributed by atoms with van der Waals surface area (Å²) in [6.45, 7) is 1.14. The molecule has 0 radical (unpaired) electrons. The molecule has 1 aliphatic carbocycles. The van der Waals surface area contributed by atoms with Crippen molar-refractivity contribution in [3.8, 4) is 0 Å². The average Bonchev–Trinajstić information content (AvgIpc) is 3.06. The molecule has 1 atom stereocenters. The van der Waals surface area contributed by atoms with Crippen molar-refractivity contribution in [2.45, 2.75) is 43.7 Å². The number of amides is 1. The highest BCUT2D eigenvalue weighted by Crippen LogP contribution is 2.29. The van der Waals surface area contributed by atoms with Gasteiger partial charge in [0.05, 0.1) is 12.5 Å². The number of benzene rings is 1. The SMILES string of the molecule is Cc1nc(S(=O)(=O)NCCC(=O)OCC(=O)NC2CCCc3ccccc32)cn1C. The molecule has 3 rings (SSSR count). The second kappa shape index (κ2) is 9.40. The number of hydrogen-bond acceptors (Lipinski definition) is 6. The summed E-state index contributed by atoms with van der Waals surface area (Å²) in [5, 5.41) is 2.79. The molecule has 0 spiro atoms. The van der Waals surface area contributed by atoms with Crippen LogP contribution in [0.2, 0.25) is 0 Å². The minimum atomic E-state index is -3.81. The number of fused-ring (bicyclic) bond motifs is 1. The molecule has 2 aromatic rings. The largest absolute Gasteiger partial charge is 0.456 e. The van der Waals surface area contributed by atoms with Gasteiger partial charge in [0.1, 0.15) is 5.82 Å². The van der Waals surface area contributed by atoms with Crippen molar-refractivity contribution in [3.63, 3.8) is 0 Å². The van der Waals surface area contributed by atoms with E-state index in [4.69, 9.17) is 4.74 Å². The normalized spacial score (nSPS) is 16.0. The lowest BCUT2D eigenvalue weighted by molar-refractivity contribution is -0.148. The zero-order chi connectivity index (χ0) is 21.7. The Balaban J connectivity index is 1.41. The average molecular weight is 435 g/mol. The Bertz CT molecular complexity index is 1010. The fourth-order valence-electron chi connectivity index (χ4n) is 3.38. The lowest BCUT2D eigenvalue weighted by atomic mass is 9.88. The first-order chi connectivity index (χ1) is 14.3. The maximum atomic E-state index is 12.2. The van der Waals surface area contributed by atoms with Crippen molar-refractivity contribution in [2.75, 3.05) is 13.2 Å². The van der Waals surface area contributed by atoms with E-state index in [1.165, 1.54) is 11.8 Å². The molecule has 10 heteroatoms. The van der Waals surface area contributed by atoms with Gasteiger partial charge in [0, 0.05) is 19.8 Å². The molecule has 0 saturated carbocycles. The number of carbonyl (C=O) groups excluding carboxylic acids is 2. The number of sulfonamides is 1. The summed E-state index contributed by atoms with van der Waals surface area (Å²) >= 11 is 0. The van der Waals surface area contributed by atoms with Crippen LogP contribution in [0.5, 0.6) is 0 Å². The maximum Gasteiger partial charge on any atom is 0.307 e. The molecule has 1 aromatic heterocycles. The summed E-state index contributed by atoms with van der Waals surface area (Å²) < 4.78 is 33.2. The van der Waals surface area contributed by atoms with Crippen LogP contribution in [0.1, 0.15) is 42.3 Å². The highest BCUT2D eigenvalue weighted by Gasteiger charge is 2.22. The molecule has 2 N–H and O–H groups in total. The van der Waals surface area contributed by atoms with Crippen LogP contribution >= 0.6 is 0 Å². The Hall–Kier alpha value is -2.72. The number of hydrogen-bond donors (Lipinski definition) is 2. The van der Waals surface area contributed by atoms with Crippen LogP contribution in [0.15, 0.2) is 35.5 Å². The molecule has 0 aliphatic heterocycles. The van der Waals surface area contributed by atoms with E-state index in [1.807, 2.05) is 18.2 Å². The minimum absolute atomic E-state index is 0.0882. The molecule has 1 heterocycles. The van der Waals surface area contributed by atoms with Gasteiger partial charge in [-0.1, -0.05) is 24.3 Å². The van der Waals surface area contributed by atoms with Crippen molar-refractivity contribution >= 4 is 21.9 Å². The lowest BCUT2D eigenvalue weighted by Gasteiger charge is -2.26. The molecule has 9 nitrogen and oxygen atoms in total. The van der Waals surface area contributed by atoms with E-state index in [-0.39, 0.29) is 29.9 Å². The molecule has 162 valence electrons. The number of rotatable bonds is 8. The van der Waals surface area contributed by atoms with E-state index >= 15 is 0 Å². The summed E-state index contributed by atoms with van der Waals surface area (Å²) in [6.07, 6.45) is 4.02. The number of esters is 1. The molecular formula is C20H26N4O5S. The van der Waals surface area contributed by atoms with Gasteiger partial charge in [-0.15, -0.1) is 0 Å². The number of ether oxygens (including phenoxy) is 1. The van der Waals surface area contributed by atoms with Crippen molar-refractivity contribution in [3.05, 3.63) is 47.4 Å². The topological polar surface area (TPSA) is 119 Å². The van der Waals surface area contributed by atoms with Crippen LogP contribution in [0.3, 0.4) is 0 Å². The molecular weight excluding hydrogens is 408 g/mol. The van der Waals surface area contributed by atoms with E-state index in [9.17, 15) is 18.0 Å². The van der Waals surface area contributed by atoms with Crippen LogP contribution in [0.4, 0.5) is 0 Å². The predicted octanol–water partition coefficient (Wildman–Crippen LogP) is 1.13. The van der Waals surface area contributed by atoms with Crippen molar-refractivity contribution < 1.29 is 22.7 Å². The molecule has 30 heavy (non-hydrogen) atoms. The van der Waals surface area contributed by atoms with Gasteiger partial charge in [-0.05, 0) is 37.3 Å². The Morgan fingerprint density at radius 1 is 1.30 bits per heavy atom. The van der Waals surface area contributed by atoms with Gasteiger partial charge in [-0.3, -0.25) is 9.59 Å². The van der Waals surface area contributed by atoms with E-state index in [2.05, 4.69) is 21.1 Å². The standard InChI is InChI=1S/C20H26N4O5S/c1-14-22-19(12-24(14)2)30(27,28)21-11-10-20(26)29-13-18(25)23-17-9-5-7-15-6-3-4-8-16(15)17/h3-4,6,8,12,17,21H,5,7,9-11,13H2,1-2H3,(H,23,25). The van der Waals surface area contributed by atoms with E-state index in [1.54, 1.807) is 18.5 Å². The Morgan fingerprint density at radius 2 is 2.07 bits per heavy atom. The van der Waals surface area contributed by atoms with E-state index < -0.39 is 22.6 Å². The zero-order valence-corrected chi connectivity index (χ0v) is 17.9. The molecule has 0 bridgehead atoms. The summed E-state index contributed by atoms with van der Waals surface area (Å²) in [6, 6.07) is 7.89. The lowest BCUT2D eigenvalue weighted by Crippen LogP contribution is -2.34. The molecule has 0 fully saturated rings. The number of imidazole rings is 1. The third kappa shape index (κ3) is 5.45. The van der Waals surface area contributed by atoms with E-state index in [0.717, 1.165) is 24.8 Å². The Kier molecular flexibility index (Phi) is 6.88. The Morgan fingerprint density at radius 3 is 2.80 bits per heavy atom. The quantitative estimate of drug-likeness (QED) is 0.601. The number of nitrogens with one attached hydrogen (secondary N) is 2.